The third-order valence-electron chi connectivity index (χ3n) is 14.9. The van der Waals surface area contributed by atoms with Crippen LogP contribution in [0, 0.1) is 11.8 Å². The number of carboxylic acids is 1. The summed E-state index contributed by atoms with van der Waals surface area (Å²) in [5.74, 6) is -16.4. The van der Waals surface area contributed by atoms with Crippen molar-refractivity contribution < 1.29 is 82.4 Å². The van der Waals surface area contributed by atoms with Crippen LogP contribution in [0.15, 0.2) is 36.8 Å². The molecule has 5 rings (SSSR count). The Morgan fingerprint density at radius 3 is 1.97 bits per heavy atom. The van der Waals surface area contributed by atoms with E-state index < -0.39 is 205 Å². The number of aliphatic hydroxyl groups excluding tert-OH is 1. The minimum atomic E-state index is -1.69. The molecule has 3 aliphatic heterocycles. The number of amides is 13. The summed E-state index contributed by atoms with van der Waals surface area (Å²) in [5.41, 5.74) is 17.4. The summed E-state index contributed by atoms with van der Waals surface area (Å²) in [6, 6.07) is -11.0. The van der Waals surface area contributed by atoms with Crippen LogP contribution in [0.4, 0.5) is 0 Å². The van der Waals surface area contributed by atoms with Crippen LogP contribution in [-0.2, 0) is 80.0 Å². The predicted molar refractivity (Wildman–Crippen MR) is 350 cm³/mol. The lowest BCUT2D eigenvalue weighted by Crippen LogP contribution is -2.61. The summed E-state index contributed by atoms with van der Waals surface area (Å²) in [5, 5.41) is 59.5. The highest BCUT2D eigenvalue weighted by Crippen LogP contribution is 2.27. The minimum absolute atomic E-state index is 0.00918. The number of aliphatic carboxylic acids is 1. The first-order valence-corrected chi connectivity index (χ1v) is 35.5. The quantitative estimate of drug-likeness (QED) is 0.0434. The molecule has 524 valence electrons. The number of aromatic amines is 1. The lowest BCUT2D eigenvalue weighted by molar-refractivity contribution is -0.144. The largest absolute Gasteiger partial charge is 0.508 e. The first kappa shape index (κ1) is 77.8. The number of carboxylic acid groups (broad SMARTS) is 1. The number of nitrogens with zero attached hydrogens (tertiary/aromatic N) is 2. The van der Waals surface area contributed by atoms with Crippen molar-refractivity contribution in [1.82, 2.24) is 73.4 Å². The molecule has 3 aliphatic rings. The molecule has 0 saturated carbocycles. The molecule has 0 spiro atoms. The average molecular weight is 1410 g/mol. The maximum atomic E-state index is 14.9. The summed E-state index contributed by atoms with van der Waals surface area (Å²) in [7, 11) is 3.44. The van der Waals surface area contributed by atoms with Crippen LogP contribution in [-0.4, -0.2) is 235 Å². The van der Waals surface area contributed by atoms with Gasteiger partial charge in [0.05, 0.1) is 38.0 Å². The second-order valence-electron chi connectivity index (χ2n) is 23.5. The van der Waals surface area contributed by atoms with E-state index in [0.29, 0.717) is 24.1 Å². The Morgan fingerprint density at radius 1 is 0.716 bits per heavy atom. The number of carbonyl (C=O) groups excluding carboxylic acids is 13. The molecule has 21 N–H and O–H groups in total. The zero-order valence-corrected chi connectivity index (χ0v) is 55.9. The molecule has 95 heavy (non-hydrogen) atoms. The van der Waals surface area contributed by atoms with Crippen LogP contribution in [0.3, 0.4) is 0 Å². The zero-order valence-electron chi connectivity index (χ0n) is 52.7. The van der Waals surface area contributed by atoms with Crippen molar-refractivity contribution in [3.8, 4) is 5.75 Å². The van der Waals surface area contributed by atoms with E-state index >= 15 is 0 Å². The molecule has 4 heterocycles. The van der Waals surface area contributed by atoms with Gasteiger partial charge in [0, 0.05) is 60.7 Å². The Morgan fingerprint density at radius 2 is 1.34 bits per heavy atom. The molecule has 2 unspecified atom stereocenters. The van der Waals surface area contributed by atoms with E-state index in [0.717, 1.165) is 48.1 Å². The number of fused-ring (bicyclic) bond motifs is 6. The number of benzene rings is 1. The van der Waals surface area contributed by atoms with Gasteiger partial charge < -0.3 is 101 Å². The van der Waals surface area contributed by atoms with Gasteiger partial charge in [-0.2, -0.15) is 0 Å². The number of aromatic hydroxyl groups is 1. The van der Waals surface area contributed by atoms with Crippen molar-refractivity contribution in [3.05, 3.63) is 48.0 Å². The van der Waals surface area contributed by atoms with Gasteiger partial charge in [-0.3, -0.25) is 62.3 Å². The van der Waals surface area contributed by atoms with Gasteiger partial charge in [0.2, 0.25) is 76.8 Å². The molecular formula is C57H85N17O17S4. The standard InChI is InChI=1S/C57H85N17O17S4/c1-27(2)13-35-50(83)70-39-23-93-92-22-38(48(81)63-19-44(78)65-36(14-29-8-10-31(75)11-9-29)51(84)66-34(49(82)67-35)7-5-6-12-58)69-53(86)40(71-55(88)46(28(3)4)73-45(79)20-62-47(80)33(59)17-43(60)77)24-94-95-25-41(57(90)91)72-54(87)42-16-32(76)21-74(42)56(89)37(68-52(39)85)15-30-18-61-26-64-30/h8-11,18,26-28,32-42,46,75-76H,5-7,12-17,19-25,58-59H2,1-4H3,(H2,60,77)(H,61,64)(H,62,80)(H,63,81)(H,65,78)(H,66,84)(H,67,82)(H,68,85)(H,69,86)(H,70,83)(H,71,88)(H,72,87)(H,73,79)(H,90,91)/t32-,33+,34+,35+,36+,37+,38?,39?,40+,41+,42+,46+/m1/s1. The molecule has 3 fully saturated rings. The molecule has 38 heteroatoms. The smallest absolute Gasteiger partial charge is 0.327 e. The van der Waals surface area contributed by atoms with E-state index in [2.05, 4.69) is 68.5 Å². The number of H-pyrrole nitrogens is 1. The molecule has 13 amide bonds. The van der Waals surface area contributed by atoms with Gasteiger partial charge in [0.15, 0.2) is 0 Å². The van der Waals surface area contributed by atoms with Crippen molar-refractivity contribution in [2.45, 2.75) is 152 Å². The summed E-state index contributed by atoms with van der Waals surface area (Å²) < 4.78 is 0. The van der Waals surface area contributed by atoms with E-state index in [4.69, 9.17) is 17.2 Å². The van der Waals surface area contributed by atoms with Gasteiger partial charge in [-0.1, -0.05) is 83.0 Å². The first-order valence-electron chi connectivity index (χ1n) is 30.5. The van der Waals surface area contributed by atoms with Crippen molar-refractivity contribution >= 4 is 126 Å². The number of nitrogens with two attached hydrogens (primary N) is 3. The number of carbonyl (C=O) groups is 14. The zero-order chi connectivity index (χ0) is 70.1. The van der Waals surface area contributed by atoms with Crippen LogP contribution in [0.2, 0.25) is 0 Å². The SMILES string of the molecule is CC(C)C[C@@H]1NC(=O)[C@H](CCCCN)NC(=O)[C@H](Cc2ccc(O)cc2)NC(=O)CNC(=O)C2CSSCC(NC1=O)C(=O)N[C@@H](Cc1cnc[nH]1)C(=O)N1C[C@H](O)C[C@H]1C(=O)N[C@H](C(=O)O)CSSC[C@H](NC(=O)[C@@H](NC(=O)CNC(=O)[C@@H](N)CC(N)=O)C(C)C)C(=O)N2. The van der Waals surface area contributed by atoms with E-state index in [1.807, 2.05) is 0 Å². The van der Waals surface area contributed by atoms with Gasteiger partial charge in [-0.15, -0.1) is 0 Å². The number of primary amides is 1. The number of phenols is 1. The molecule has 2 aromatic rings. The van der Waals surface area contributed by atoms with Crippen molar-refractivity contribution in [1.29, 1.82) is 0 Å². The van der Waals surface area contributed by atoms with E-state index in [9.17, 15) is 82.4 Å². The van der Waals surface area contributed by atoms with Crippen LogP contribution in [0.1, 0.15) is 77.5 Å². The fourth-order valence-electron chi connectivity index (χ4n) is 9.85. The number of rotatable bonds is 20. The molecule has 3 saturated heterocycles. The molecule has 12 atom stereocenters. The fourth-order valence-corrected chi connectivity index (χ4v) is 14.5. The maximum Gasteiger partial charge on any atom is 0.327 e. The molecular weight excluding hydrogens is 1320 g/mol. The fraction of sp³-hybridized carbons (Fsp3) is 0.596. The normalized spacial score (nSPS) is 25.1. The summed E-state index contributed by atoms with van der Waals surface area (Å²) >= 11 is 0. The highest BCUT2D eigenvalue weighted by molar-refractivity contribution is 8.77. The Labute approximate surface area is 562 Å². The van der Waals surface area contributed by atoms with Crippen molar-refractivity contribution in [2.24, 2.45) is 29.0 Å². The second-order valence-corrected chi connectivity index (χ2v) is 28.6. The number of imidazole rings is 1. The highest BCUT2D eigenvalue weighted by atomic mass is 33.1. The maximum absolute atomic E-state index is 14.9. The third kappa shape index (κ3) is 25.6. The van der Waals surface area contributed by atoms with Crippen molar-refractivity contribution in [3.63, 3.8) is 0 Å². The first-order chi connectivity index (χ1) is 45.0. The number of phenolic OH excluding ortho intramolecular Hbond substituents is 1. The summed E-state index contributed by atoms with van der Waals surface area (Å²) in [6.07, 6.45) is 0.641. The lowest BCUT2D eigenvalue weighted by Gasteiger charge is -2.31. The Bertz CT molecular complexity index is 3040. The van der Waals surface area contributed by atoms with E-state index in [1.165, 1.54) is 36.8 Å². The van der Waals surface area contributed by atoms with Crippen LogP contribution < -0.4 is 75.7 Å². The number of aromatic nitrogens is 2. The average Bonchev–Trinajstić information content (AvgIpc) is 1.71. The molecule has 1 aromatic carbocycles. The number of hydrogen-bond donors (Lipinski definition) is 18. The predicted octanol–water partition coefficient (Wildman–Crippen LogP) is -5.63. The minimum Gasteiger partial charge on any atom is -0.508 e. The van der Waals surface area contributed by atoms with Crippen LogP contribution in [0.5, 0.6) is 5.75 Å². The number of aliphatic hydroxyl groups is 1. The number of nitrogens with one attached hydrogen (secondary N) is 12. The topological polar surface area (TPSA) is 542 Å². The summed E-state index contributed by atoms with van der Waals surface area (Å²) in [6.45, 7) is 4.83. The Hall–Kier alpha value is -7.91. The van der Waals surface area contributed by atoms with E-state index in [-0.39, 0.29) is 56.1 Å². The summed E-state index contributed by atoms with van der Waals surface area (Å²) in [4.78, 5) is 203. The number of unbranched alkanes of at least 4 members (excludes halogenated alkanes) is 1. The second kappa shape index (κ2) is 38.6. The van der Waals surface area contributed by atoms with Gasteiger partial charge in [0.1, 0.15) is 66.2 Å². The lowest BCUT2D eigenvalue weighted by atomic mass is 10.0. The van der Waals surface area contributed by atoms with Gasteiger partial charge >= 0.3 is 5.97 Å². The molecule has 1 aromatic heterocycles. The highest BCUT2D eigenvalue weighted by Gasteiger charge is 2.44. The van der Waals surface area contributed by atoms with Gasteiger partial charge in [0.25, 0.3) is 0 Å². The van der Waals surface area contributed by atoms with Crippen LogP contribution >= 0.6 is 43.2 Å². The van der Waals surface area contributed by atoms with Gasteiger partial charge in [-0.25, -0.2) is 9.78 Å². The van der Waals surface area contributed by atoms with Gasteiger partial charge in [-0.05, 0) is 61.8 Å². The Kier molecular flexibility index (Phi) is 31.6. The monoisotopic (exact) mass is 1410 g/mol. The molecule has 2 bridgehead atoms. The van der Waals surface area contributed by atoms with Crippen LogP contribution in [0.25, 0.3) is 0 Å². The number of hydrogen-bond acceptors (Lipinski definition) is 23. The Balaban J connectivity index is 1.61. The third-order valence-corrected chi connectivity index (χ3v) is 19.7. The molecule has 0 aliphatic carbocycles. The molecule has 0 radical (unpaired) electrons. The van der Waals surface area contributed by atoms with Crippen molar-refractivity contribution in [2.75, 3.05) is 49.2 Å². The van der Waals surface area contributed by atoms with E-state index in [1.54, 1.807) is 27.7 Å². The molecule has 34 nitrogen and oxygen atoms in total.